The molecule has 0 spiro atoms. The van der Waals surface area contributed by atoms with Crippen LogP contribution in [-0.4, -0.2) is 31.3 Å². The van der Waals surface area contributed by atoms with Crippen molar-refractivity contribution in [2.45, 2.75) is 11.8 Å². The second kappa shape index (κ2) is 4.13. The van der Waals surface area contributed by atoms with Crippen LogP contribution in [-0.2, 0) is 9.53 Å². The van der Waals surface area contributed by atoms with Crippen LogP contribution in [0.5, 0.6) is 0 Å². The number of hydrogen-bond donors (Lipinski definition) is 0. The largest absolute Gasteiger partial charge is 0.429 e. The summed E-state index contributed by atoms with van der Waals surface area (Å²) < 4.78 is 42.4. The first-order valence-corrected chi connectivity index (χ1v) is 5.40. The smallest absolute Gasteiger partial charge is 0.351 e. The van der Waals surface area contributed by atoms with Crippen LogP contribution in [0.1, 0.15) is 0 Å². The predicted molar refractivity (Wildman–Crippen MR) is 59.6 cm³/mol. The Labute approximate surface area is 106 Å². The average molecular weight is 280 g/mol. The number of carbonyl (C=O) groups excluding carboxylic acids is 1. The van der Waals surface area contributed by atoms with E-state index < -0.39 is 24.3 Å². The van der Waals surface area contributed by atoms with Gasteiger partial charge in [0.05, 0.1) is 6.61 Å². The van der Waals surface area contributed by atoms with Gasteiger partial charge in [-0.2, -0.15) is 13.2 Å². The van der Waals surface area contributed by atoms with Crippen molar-refractivity contribution in [3.63, 3.8) is 0 Å². The minimum absolute atomic E-state index is 0.323. The third-order valence-corrected chi connectivity index (χ3v) is 3.01. The first kappa shape index (κ1) is 13.2. The van der Waals surface area contributed by atoms with Crippen molar-refractivity contribution in [2.75, 3.05) is 18.6 Å². The van der Waals surface area contributed by atoms with Crippen molar-refractivity contribution in [2.24, 2.45) is 0 Å². The molecule has 98 valence electrons. The van der Waals surface area contributed by atoms with Crippen molar-refractivity contribution >= 4 is 23.2 Å². The van der Waals surface area contributed by atoms with Gasteiger partial charge < -0.3 is 9.64 Å². The summed E-state index contributed by atoms with van der Waals surface area (Å²) in [6, 6.07) is 5.92. The molecule has 1 aromatic rings. The van der Waals surface area contributed by atoms with Crippen LogP contribution < -0.4 is 4.90 Å². The van der Waals surface area contributed by atoms with Crippen molar-refractivity contribution in [1.29, 1.82) is 0 Å². The maximum atomic E-state index is 12.7. The molecule has 1 aliphatic heterocycles. The number of benzene rings is 1. The molecule has 0 saturated carbocycles. The van der Waals surface area contributed by atoms with Crippen LogP contribution in [0.4, 0.5) is 18.9 Å². The van der Waals surface area contributed by atoms with E-state index >= 15 is 0 Å². The summed E-state index contributed by atoms with van der Waals surface area (Å²) in [7, 11) is 1.26. The number of epoxide rings is 1. The van der Waals surface area contributed by atoms with Gasteiger partial charge in [0.15, 0.2) is 0 Å². The van der Waals surface area contributed by atoms with E-state index in [4.69, 9.17) is 11.6 Å². The summed E-state index contributed by atoms with van der Waals surface area (Å²) in [5.74, 6) is -1.13. The number of alkyl halides is 3. The summed E-state index contributed by atoms with van der Waals surface area (Å²) in [6.07, 6.45) is -4.70. The molecular formula is C11H9ClF3NO2. The van der Waals surface area contributed by atoms with Crippen molar-refractivity contribution < 1.29 is 22.7 Å². The van der Waals surface area contributed by atoms with E-state index in [-0.39, 0.29) is 0 Å². The lowest BCUT2D eigenvalue weighted by atomic mass is 10.1. The Morgan fingerprint density at radius 2 is 1.89 bits per heavy atom. The maximum Gasteiger partial charge on any atom is 0.429 e. The van der Waals surface area contributed by atoms with Gasteiger partial charge in [0.1, 0.15) is 0 Å². The maximum absolute atomic E-state index is 12.7. The van der Waals surface area contributed by atoms with Crippen molar-refractivity contribution in [3.05, 3.63) is 29.3 Å². The zero-order valence-corrected chi connectivity index (χ0v) is 10.0. The van der Waals surface area contributed by atoms with E-state index in [1.807, 2.05) is 0 Å². The number of ether oxygens (including phenoxy) is 1. The Morgan fingerprint density at radius 3 is 2.28 bits per heavy atom. The highest BCUT2D eigenvalue weighted by Gasteiger charge is 2.72. The van der Waals surface area contributed by atoms with Crippen molar-refractivity contribution in [1.82, 2.24) is 0 Å². The first-order chi connectivity index (χ1) is 8.28. The molecule has 1 fully saturated rings. The SMILES string of the molecule is CN(C(=O)[C@@]1(C(F)(F)F)CO1)c1ccc(Cl)cc1. The van der Waals surface area contributed by atoms with Crippen LogP contribution in [0.15, 0.2) is 24.3 Å². The monoisotopic (exact) mass is 279 g/mol. The van der Waals surface area contributed by atoms with Crippen molar-refractivity contribution in [3.8, 4) is 0 Å². The molecule has 1 saturated heterocycles. The summed E-state index contributed by atoms with van der Waals surface area (Å²) in [5, 5.41) is 0.438. The molecule has 0 aromatic heterocycles. The fourth-order valence-electron chi connectivity index (χ4n) is 1.53. The molecule has 18 heavy (non-hydrogen) atoms. The summed E-state index contributed by atoms with van der Waals surface area (Å²) in [4.78, 5) is 12.7. The van der Waals surface area contributed by atoms with E-state index in [9.17, 15) is 18.0 Å². The molecule has 7 heteroatoms. The third-order valence-electron chi connectivity index (χ3n) is 2.75. The molecule has 0 bridgehead atoms. The van der Waals surface area contributed by atoms with E-state index in [1.54, 1.807) is 0 Å². The highest BCUT2D eigenvalue weighted by atomic mass is 35.5. The van der Waals surface area contributed by atoms with Gasteiger partial charge in [-0.05, 0) is 24.3 Å². The van der Waals surface area contributed by atoms with Crippen LogP contribution in [0.25, 0.3) is 0 Å². The third kappa shape index (κ3) is 2.06. The molecule has 1 atom stereocenters. The highest BCUT2D eigenvalue weighted by Crippen LogP contribution is 2.45. The van der Waals surface area contributed by atoms with Gasteiger partial charge in [0, 0.05) is 17.8 Å². The van der Waals surface area contributed by atoms with E-state index in [1.165, 1.54) is 31.3 Å². The van der Waals surface area contributed by atoms with Gasteiger partial charge in [-0.3, -0.25) is 4.79 Å². The molecule has 0 aliphatic carbocycles. The molecular weight excluding hydrogens is 271 g/mol. The zero-order chi connectivity index (χ0) is 13.6. The minimum Gasteiger partial charge on any atom is -0.351 e. The Balaban J connectivity index is 2.22. The Hall–Kier alpha value is -1.27. The fourth-order valence-corrected chi connectivity index (χ4v) is 1.66. The molecule has 1 amide bonds. The minimum atomic E-state index is -4.70. The molecule has 0 N–H and O–H groups in total. The van der Waals surface area contributed by atoms with Gasteiger partial charge >= 0.3 is 6.18 Å². The predicted octanol–water partition coefficient (Wildman–Crippen LogP) is 2.63. The van der Waals surface area contributed by atoms with E-state index in [0.717, 1.165) is 4.90 Å². The standard InChI is InChI=1S/C11H9ClF3NO2/c1-16(8-4-2-7(12)3-5-8)9(17)10(6-18-10)11(13,14)15/h2-5H,6H2,1H3/t10-/m1/s1. The number of amides is 1. The quantitative estimate of drug-likeness (QED) is 0.780. The van der Waals surface area contributed by atoms with Gasteiger partial charge in [-0.1, -0.05) is 11.6 Å². The Morgan fingerprint density at radius 1 is 1.39 bits per heavy atom. The van der Waals surface area contributed by atoms with Crippen LogP contribution >= 0.6 is 11.6 Å². The van der Waals surface area contributed by atoms with Crippen LogP contribution in [0.2, 0.25) is 5.02 Å². The second-order valence-corrected chi connectivity index (χ2v) is 4.39. The van der Waals surface area contributed by atoms with Crippen LogP contribution in [0, 0.1) is 0 Å². The number of carbonyl (C=O) groups is 1. The molecule has 2 rings (SSSR count). The second-order valence-electron chi connectivity index (χ2n) is 3.95. The molecule has 0 radical (unpaired) electrons. The topological polar surface area (TPSA) is 32.8 Å². The summed E-state index contributed by atoms with van der Waals surface area (Å²) >= 11 is 5.66. The average Bonchev–Trinajstić information content (AvgIpc) is 3.08. The fraction of sp³-hybridized carbons (Fsp3) is 0.364. The number of likely N-dealkylation sites (N-methyl/N-ethyl adjacent to an activating group) is 1. The lowest BCUT2D eigenvalue weighted by Gasteiger charge is -2.23. The highest BCUT2D eigenvalue weighted by molar-refractivity contribution is 6.30. The normalized spacial score (nSPS) is 22.7. The van der Waals surface area contributed by atoms with E-state index in [2.05, 4.69) is 4.74 Å². The molecule has 1 aromatic carbocycles. The van der Waals surface area contributed by atoms with Gasteiger partial charge in [0.2, 0.25) is 0 Å². The van der Waals surface area contributed by atoms with Crippen LogP contribution in [0.3, 0.4) is 0 Å². The number of halogens is 4. The zero-order valence-electron chi connectivity index (χ0n) is 9.29. The van der Waals surface area contributed by atoms with E-state index in [0.29, 0.717) is 10.7 Å². The molecule has 1 aliphatic rings. The summed E-state index contributed by atoms with van der Waals surface area (Å²) in [5.41, 5.74) is -2.36. The number of rotatable bonds is 2. The Kier molecular flexibility index (Phi) is 3.03. The number of anilines is 1. The lowest BCUT2D eigenvalue weighted by Crippen LogP contribution is -2.48. The Bertz CT molecular complexity index is 468. The molecule has 0 unspecified atom stereocenters. The number of hydrogen-bond acceptors (Lipinski definition) is 2. The first-order valence-electron chi connectivity index (χ1n) is 5.02. The van der Waals surface area contributed by atoms with Gasteiger partial charge in [-0.25, -0.2) is 0 Å². The molecule has 1 heterocycles. The van der Waals surface area contributed by atoms with Gasteiger partial charge in [-0.15, -0.1) is 0 Å². The molecule has 3 nitrogen and oxygen atoms in total. The van der Waals surface area contributed by atoms with Gasteiger partial charge in [0.25, 0.3) is 11.5 Å². The number of nitrogens with zero attached hydrogens (tertiary/aromatic N) is 1. The lowest BCUT2D eigenvalue weighted by molar-refractivity contribution is -0.187. The summed E-state index contributed by atoms with van der Waals surface area (Å²) in [6.45, 7) is -0.632.